The fourth-order valence-corrected chi connectivity index (χ4v) is 3.31. The highest BCUT2D eigenvalue weighted by Gasteiger charge is 2.41. The van der Waals surface area contributed by atoms with Crippen molar-refractivity contribution in [2.75, 3.05) is 13.1 Å². The van der Waals surface area contributed by atoms with Crippen molar-refractivity contribution in [2.24, 2.45) is 0 Å². The Kier molecular flexibility index (Phi) is 5.56. The molecule has 1 amide bonds. The number of likely N-dealkylation sites (tertiary alicyclic amines) is 1. The lowest BCUT2D eigenvalue weighted by Crippen LogP contribution is -2.51. The maximum atomic E-state index is 12.3. The zero-order valence-electron chi connectivity index (χ0n) is 15.6. The van der Waals surface area contributed by atoms with Crippen LogP contribution in [0.15, 0.2) is 12.2 Å². The normalized spacial score (nSPS) is 21.0. The Morgan fingerprint density at radius 1 is 1.23 bits per heavy atom. The second-order valence-corrected chi connectivity index (χ2v) is 13.5. The van der Waals surface area contributed by atoms with Crippen LogP contribution in [0.25, 0.3) is 0 Å². The molecule has 1 heterocycles. The Morgan fingerprint density at radius 3 is 2.23 bits per heavy atom. The molecule has 0 N–H and O–H groups in total. The van der Waals surface area contributed by atoms with Crippen LogP contribution in [0.2, 0.25) is 18.1 Å². The Hall–Kier alpha value is -0.813. The third-order valence-electron chi connectivity index (χ3n) is 4.44. The largest absolute Gasteiger partial charge is 0.444 e. The van der Waals surface area contributed by atoms with Gasteiger partial charge in [0.1, 0.15) is 5.60 Å². The summed E-state index contributed by atoms with van der Waals surface area (Å²) in [7, 11) is -1.88. The zero-order chi connectivity index (χ0) is 17.3. The fraction of sp³-hybridized carbons (Fsp3) is 0.824. The van der Waals surface area contributed by atoms with Crippen molar-refractivity contribution in [3.8, 4) is 0 Å². The number of hydrogen-bond donors (Lipinski definition) is 0. The first kappa shape index (κ1) is 19.2. The van der Waals surface area contributed by atoms with Gasteiger partial charge in [-0.25, -0.2) is 4.79 Å². The van der Waals surface area contributed by atoms with Crippen molar-refractivity contribution < 1.29 is 14.0 Å². The maximum Gasteiger partial charge on any atom is 0.410 e. The maximum absolute atomic E-state index is 12.3. The van der Waals surface area contributed by atoms with Crippen molar-refractivity contribution in [3.63, 3.8) is 0 Å². The minimum absolute atomic E-state index is 0.0813. The molecule has 0 aromatic heterocycles. The van der Waals surface area contributed by atoms with Crippen LogP contribution in [-0.4, -0.2) is 44.1 Å². The Morgan fingerprint density at radius 2 is 1.77 bits per heavy atom. The van der Waals surface area contributed by atoms with E-state index in [4.69, 9.17) is 9.16 Å². The van der Waals surface area contributed by atoms with Crippen LogP contribution in [0.3, 0.4) is 0 Å². The van der Waals surface area contributed by atoms with Crippen molar-refractivity contribution in [2.45, 2.75) is 77.8 Å². The van der Waals surface area contributed by atoms with Crippen LogP contribution < -0.4 is 0 Å². The molecule has 0 bridgehead atoms. The van der Waals surface area contributed by atoms with Gasteiger partial charge in [0, 0.05) is 6.54 Å². The summed E-state index contributed by atoms with van der Waals surface area (Å²) in [4.78, 5) is 14.0. The number of piperidine rings is 1. The average Bonchev–Trinajstić information content (AvgIpc) is 2.27. The van der Waals surface area contributed by atoms with Gasteiger partial charge in [0.05, 0.1) is 12.6 Å². The second kappa shape index (κ2) is 6.36. The molecule has 0 saturated carbocycles. The van der Waals surface area contributed by atoms with Gasteiger partial charge in [-0.1, -0.05) is 27.4 Å². The average molecular weight is 328 g/mol. The smallest absolute Gasteiger partial charge is 0.410 e. The van der Waals surface area contributed by atoms with E-state index in [-0.39, 0.29) is 17.2 Å². The highest BCUT2D eigenvalue weighted by Crippen LogP contribution is 2.38. The van der Waals surface area contributed by atoms with E-state index in [2.05, 4.69) is 40.4 Å². The fourth-order valence-electron chi connectivity index (χ4n) is 2.01. The Labute approximate surface area is 137 Å². The van der Waals surface area contributed by atoms with E-state index in [1.165, 1.54) is 0 Å². The molecule has 128 valence electrons. The number of nitrogens with zero attached hydrogens (tertiary/aromatic N) is 1. The molecule has 4 nitrogen and oxygen atoms in total. The second-order valence-electron chi connectivity index (χ2n) is 8.70. The van der Waals surface area contributed by atoms with E-state index in [9.17, 15) is 4.79 Å². The van der Waals surface area contributed by atoms with E-state index in [0.717, 1.165) is 12.0 Å². The van der Waals surface area contributed by atoms with E-state index in [0.29, 0.717) is 13.1 Å². The summed E-state index contributed by atoms with van der Waals surface area (Å²) in [5.41, 5.74) is 0.617. The lowest BCUT2D eigenvalue weighted by atomic mass is 10.0. The first-order chi connectivity index (χ1) is 9.73. The van der Waals surface area contributed by atoms with E-state index in [1.54, 1.807) is 4.90 Å². The lowest BCUT2D eigenvalue weighted by molar-refractivity contribution is 0.0137. The number of rotatable bonds is 2. The molecule has 1 rings (SSSR count). The lowest BCUT2D eigenvalue weighted by Gasteiger charge is -2.43. The summed E-state index contributed by atoms with van der Waals surface area (Å²) in [6, 6.07) is 0. The van der Waals surface area contributed by atoms with Gasteiger partial charge in [-0.2, -0.15) is 0 Å². The molecular formula is C17H33NO3Si. The molecule has 1 saturated heterocycles. The predicted octanol–water partition coefficient (Wildman–Crippen LogP) is 4.57. The minimum atomic E-state index is -1.88. The van der Waals surface area contributed by atoms with Crippen LogP contribution in [0, 0.1) is 0 Å². The molecule has 0 unspecified atom stereocenters. The summed E-state index contributed by atoms with van der Waals surface area (Å²) in [5.74, 6) is 0. The molecule has 0 aromatic rings. The molecule has 0 aliphatic carbocycles. The molecule has 1 aliphatic rings. The number of hydrogen-bond acceptors (Lipinski definition) is 3. The minimum Gasteiger partial charge on any atom is -0.444 e. The van der Waals surface area contributed by atoms with Crippen LogP contribution in [0.1, 0.15) is 48.0 Å². The van der Waals surface area contributed by atoms with Gasteiger partial charge in [0.15, 0.2) is 8.32 Å². The summed E-state index contributed by atoms with van der Waals surface area (Å²) in [6.45, 7) is 22.1. The Bertz CT molecular complexity index is 432. The summed E-state index contributed by atoms with van der Waals surface area (Å²) in [5, 5.41) is 0.140. The number of ether oxygens (including phenoxy) is 1. The monoisotopic (exact) mass is 327 g/mol. The number of carbonyl (C=O) groups excluding carboxylic acids is 1. The molecule has 0 radical (unpaired) electrons. The van der Waals surface area contributed by atoms with Gasteiger partial charge in [-0.3, -0.25) is 0 Å². The molecule has 0 spiro atoms. The van der Waals surface area contributed by atoms with Gasteiger partial charge in [-0.05, 0) is 50.9 Å². The van der Waals surface area contributed by atoms with Crippen LogP contribution in [-0.2, 0) is 9.16 Å². The van der Waals surface area contributed by atoms with Gasteiger partial charge >= 0.3 is 6.09 Å². The zero-order valence-corrected chi connectivity index (χ0v) is 16.6. The standard InChI is InChI=1S/C17H33NO3Si/c1-13-10-11-18(15(19)20-16(2,3)4)12-14(13)21-22(8,9)17(5,6)7/h14H,1,10-12H2,2-9H3/t14-/m1/s1. The summed E-state index contributed by atoms with van der Waals surface area (Å²) < 4.78 is 11.9. The molecule has 0 aromatic carbocycles. The number of amides is 1. The third kappa shape index (κ3) is 5.13. The van der Waals surface area contributed by atoms with Gasteiger partial charge in [0.25, 0.3) is 0 Å². The highest BCUT2D eigenvalue weighted by atomic mass is 28.4. The molecular weight excluding hydrogens is 294 g/mol. The Balaban J connectivity index is 2.76. The first-order valence-electron chi connectivity index (χ1n) is 8.06. The van der Waals surface area contributed by atoms with E-state index >= 15 is 0 Å². The highest BCUT2D eigenvalue weighted by molar-refractivity contribution is 6.74. The van der Waals surface area contributed by atoms with E-state index in [1.807, 2.05) is 20.8 Å². The SMILES string of the molecule is C=C1CCN(C(=O)OC(C)(C)C)C[C@H]1O[Si](C)(C)C(C)(C)C. The van der Waals surface area contributed by atoms with Crippen molar-refractivity contribution in [1.29, 1.82) is 0 Å². The van der Waals surface area contributed by atoms with Crippen LogP contribution >= 0.6 is 0 Å². The van der Waals surface area contributed by atoms with Gasteiger partial charge < -0.3 is 14.1 Å². The van der Waals surface area contributed by atoms with Crippen molar-refractivity contribution in [3.05, 3.63) is 12.2 Å². The summed E-state index contributed by atoms with van der Waals surface area (Å²) >= 11 is 0. The molecule has 5 heteroatoms. The molecule has 1 fully saturated rings. The van der Waals surface area contributed by atoms with Crippen molar-refractivity contribution >= 4 is 14.4 Å². The number of carbonyl (C=O) groups is 1. The van der Waals surface area contributed by atoms with Crippen LogP contribution in [0.4, 0.5) is 4.79 Å². The quantitative estimate of drug-likeness (QED) is 0.551. The van der Waals surface area contributed by atoms with Gasteiger partial charge in [-0.15, -0.1) is 0 Å². The molecule has 1 aliphatic heterocycles. The topological polar surface area (TPSA) is 38.8 Å². The third-order valence-corrected chi connectivity index (χ3v) is 8.93. The predicted molar refractivity (Wildman–Crippen MR) is 93.6 cm³/mol. The van der Waals surface area contributed by atoms with E-state index < -0.39 is 13.9 Å². The summed E-state index contributed by atoms with van der Waals surface area (Å²) in [6.07, 6.45) is 0.435. The first-order valence-corrected chi connectivity index (χ1v) is 11.0. The molecule has 1 atom stereocenters. The van der Waals surface area contributed by atoms with Gasteiger partial charge in [0.2, 0.25) is 0 Å². The van der Waals surface area contributed by atoms with Crippen LogP contribution in [0.5, 0.6) is 0 Å². The van der Waals surface area contributed by atoms with Crippen molar-refractivity contribution in [1.82, 2.24) is 4.90 Å². The molecule has 22 heavy (non-hydrogen) atoms.